The zero-order chi connectivity index (χ0) is 12.0. The number of nitrogens with two attached hydrogens (primary N) is 1. The van der Waals surface area contributed by atoms with Gasteiger partial charge in [0.25, 0.3) is 0 Å². The molecule has 5 nitrogen and oxygen atoms in total. The van der Waals surface area contributed by atoms with Crippen LogP contribution in [0.5, 0.6) is 0 Å². The Morgan fingerprint density at radius 3 is 3.00 bits per heavy atom. The van der Waals surface area contributed by atoms with Gasteiger partial charge in [0.2, 0.25) is 0 Å². The van der Waals surface area contributed by atoms with Crippen molar-refractivity contribution in [3.63, 3.8) is 0 Å². The lowest BCUT2D eigenvalue weighted by Gasteiger charge is -1.97. The zero-order valence-electron chi connectivity index (χ0n) is 9.01. The van der Waals surface area contributed by atoms with Crippen molar-refractivity contribution in [2.75, 3.05) is 5.73 Å². The molecule has 0 aliphatic carbocycles. The minimum absolute atomic E-state index is 0.366. The molecule has 3 aromatic rings. The SMILES string of the molecule is Cn1c(=O)oc2ccc(-c3csc(N)n3)cc21. The number of hydrogen-bond acceptors (Lipinski definition) is 5. The highest BCUT2D eigenvalue weighted by Crippen LogP contribution is 2.25. The van der Waals surface area contributed by atoms with Crippen molar-refractivity contribution in [2.24, 2.45) is 7.05 Å². The summed E-state index contributed by atoms with van der Waals surface area (Å²) in [6.07, 6.45) is 0. The lowest BCUT2D eigenvalue weighted by atomic mass is 10.1. The van der Waals surface area contributed by atoms with Crippen LogP contribution in [0.1, 0.15) is 0 Å². The Balaban J connectivity index is 2.25. The van der Waals surface area contributed by atoms with Crippen molar-refractivity contribution < 1.29 is 4.42 Å². The Morgan fingerprint density at radius 2 is 2.29 bits per heavy atom. The number of nitrogen functional groups attached to an aromatic ring is 1. The molecule has 0 saturated heterocycles. The Hall–Kier alpha value is -2.08. The van der Waals surface area contributed by atoms with Gasteiger partial charge in [-0.15, -0.1) is 11.3 Å². The van der Waals surface area contributed by atoms with Crippen LogP contribution in [0.15, 0.2) is 32.8 Å². The molecule has 0 fully saturated rings. The number of rotatable bonds is 1. The van der Waals surface area contributed by atoms with Crippen LogP contribution in [0.4, 0.5) is 5.13 Å². The predicted octanol–water partition coefficient (Wildman–Crippen LogP) is 1.84. The Morgan fingerprint density at radius 1 is 1.47 bits per heavy atom. The third kappa shape index (κ3) is 1.53. The average Bonchev–Trinajstić information content (AvgIpc) is 2.85. The third-order valence-corrected chi connectivity index (χ3v) is 3.28. The highest BCUT2D eigenvalue weighted by Gasteiger charge is 2.09. The molecule has 0 aliphatic rings. The Kier molecular flexibility index (Phi) is 2.05. The van der Waals surface area contributed by atoms with E-state index in [0.29, 0.717) is 10.7 Å². The van der Waals surface area contributed by atoms with Gasteiger partial charge in [0.15, 0.2) is 10.7 Å². The number of oxazole rings is 1. The summed E-state index contributed by atoms with van der Waals surface area (Å²) in [7, 11) is 1.67. The molecular formula is C11H9N3O2S. The predicted molar refractivity (Wildman–Crippen MR) is 67.0 cm³/mol. The molecule has 2 heterocycles. The fourth-order valence-corrected chi connectivity index (χ4v) is 2.28. The summed E-state index contributed by atoms with van der Waals surface area (Å²) in [5, 5.41) is 2.41. The topological polar surface area (TPSA) is 74.0 Å². The fraction of sp³-hybridized carbons (Fsp3) is 0.0909. The van der Waals surface area contributed by atoms with Crippen LogP contribution in [0.2, 0.25) is 0 Å². The van der Waals surface area contributed by atoms with E-state index < -0.39 is 0 Å². The summed E-state index contributed by atoms with van der Waals surface area (Å²) in [5.74, 6) is -0.366. The number of aromatic nitrogens is 2. The zero-order valence-corrected chi connectivity index (χ0v) is 9.82. The van der Waals surface area contributed by atoms with E-state index in [9.17, 15) is 4.79 Å². The highest BCUT2D eigenvalue weighted by molar-refractivity contribution is 7.13. The standard InChI is InChI=1S/C11H9N3O2S/c1-14-8-4-6(7-5-17-10(12)13-7)2-3-9(8)16-11(14)15/h2-5H,1H3,(H2,12,13). The molecule has 0 radical (unpaired) electrons. The van der Waals surface area contributed by atoms with E-state index in [-0.39, 0.29) is 5.76 Å². The quantitative estimate of drug-likeness (QED) is 0.712. The normalized spacial score (nSPS) is 11.1. The average molecular weight is 247 g/mol. The maximum Gasteiger partial charge on any atom is 0.419 e. The van der Waals surface area contributed by atoms with E-state index in [2.05, 4.69) is 4.98 Å². The van der Waals surface area contributed by atoms with Gasteiger partial charge < -0.3 is 10.2 Å². The van der Waals surface area contributed by atoms with Crippen molar-refractivity contribution in [1.29, 1.82) is 0 Å². The van der Waals surface area contributed by atoms with E-state index in [0.717, 1.165) is 16.8 Å². The number of anilines is 1. The maximum atomic E-state index is 11.4. The lowest BCUT2D eigenvalue weighted by Crippen LogP contribution is -2.08. The second-order valence-electron chi connectivity index (χ2n) is 3.68. The van der Waals surface area contributed by atoms with Crippen molar-refractivity contribution in [3.8, 4) is 11.3 Å². The van der Waals surface area contributed by atoms with Crippen LogP contribution >= 0.6 is 11.3 Å². The number of benzene rings is 1. The maximum absolute atomic E-state index is 11.4. The first-order chi connectivity index (χ1) is 8.15. The fourth-order valence-electron chi connectivity index (χ4n) is 1.71. The number of hydrogen-bond donors (Lipinski definition) is 1. The van der Waals surface area contributed by atoms with Gasteiger partial charge in [-0.2, -0.15) is 0 Å². The molecular weight excluding hydrogens is 238 g/mol. The first-order valence-corrected chi connectivity index (χ1v) is 5.84. The summed E-state index contributed by atoms with van der Waals surface area (Å²) in [4.78, 5) is 15.6. The van der Waals surface area contributed by atoms with E-state index >= 15 is 0 Å². The number of thiazole rings is 1. The van der Waals surface area contributed by atoms with E-state index in [1.807, 2.05) is 17.5 Å². The van der Waals surface area contributed by atoms with Gasteiger partial charge in [0.1, 0.15) is 0 Å². The smallest absolute Gasteiger partial charge is 0.408 e. The minimum Gasteiger partial charge on any atom is -0.408 e. The molecule has 17 heavy (non-hydrogen) atoms. The van der Waals surface area contributed by atoms with E-state index in [4.69, 9.17) is 10.2 Å². The summed E-state index contributed by atoms with van der Waals surface area (Å²) in [6, 6.07) is 5.50. The molecule has 0 amide bonds. The number of nitrogens with zero attached hydrogens (tertiary/aromatic N) is 2. The van der Waals surface area contributed by atoms with Crippen LogP contribution in [-0.4, -0.2) is 9.55 Å². The van der Waals surface area contributed by atoms with Crippen LogP contribution < -0.4 is 11.5 Å². The van der Waals surface area contributed by atoms with Crippen LogP contribution in [0, 0.1) is 0 Å². The van der Waals surface area contributed by atoms with Crippen LogP contribution in [0.25, 0.3) is 22.4 Å². The second-order valence-corrected chi connectivity index (χ2v) is 4.57. The van der Waals surface area contributed by atoms with Gasteiger partial charge in [0.05, 0.1) is 11.2 Å². The molecule has 1 aromatic carbocycles. The van der Waals surface area contributed by atoms with Gasteiger partial charge in [-0.05, 0) is 18.2 Å². The second kappa shape index (κ2) is 3.46. The molecule has 6 heteroatoms. The molecule has 0 spiro atoms. The van der Waals surface area contributed by atoms with E-state index in [1.54, 1.807) is 13.1 Å². The monoisotopic (exact) mass is 247 g/mol. The first-order valence-electron chi connectivity index (χ1n) is 4.96. The molecule has 2 N–H and O–H groups in total. The molecule has 0 saturated carbocycles. The number of fused-ring (bicyclic) bond motifs is 1. The largest absolute Gasteiger partial charge is 0.419 e. The van der Waals surface area contributed by atoms with Crippen molar-refractivity contribution >= 4 is 27.6 Å². The Bertz CT molecular complexity index is 754. The molecule has 3 rings (SSSR count). The molecule has 0 bridgehead atoms. The van der Waals surface area contributed by atoms with Crippen molar-refractivity contribution in [2.45, 2.75) is 0 Å². The molecule has 0 aliphatic heterocycles. The van der Waals surface area contributed by atoms with Gasteiger partial charge in [-0.1, -0.05) is 0 Å². The van der Waals surface area contributed by atoms with Crippen LogP contribution in [-0.2, 0) is 7.05 Å². The summed E-state index contributed by atoms with van der Waals surface area (Å²) < 4.78 is 6.53. The van der Waals surface area contributed by atoms with E-state index in [1.165, 1.54) is 15.9 Å². The van der Waals surface area contributed by atoms with Gasteiger partial charge in [-0.25, -0.2) is 9.78 Å². The lowest BCUT2D eigenvalue weighted by molar-refractivity contribution is 0.528. The van der Waals surface area contributed by atoms with Crippen molar-refractivity contribution in [1.82, 2.24) is 9.55 Å². The summed E-state index contributed by atoms with van der Waals surface area (Å²) in [6.45, 7) is 0. The minimum atomic E-state index is -0.366. The highest BCUT2D eigenvalue weighted by atomic mass is 32.1. The third-order valence-electron chi connectivity index (χ3n) is 2.61. The van der Waals surface area contributed by atoms with Crippen LogP contribution in [0.3, 0.4) is 0 Å². The molecule has 2 aromatic heterocycles. The summed E-state index contributed by atoms with van der Waals surface area (Å²) in [5.41, 5.74) is 8.65. The molecule has 0 unspecified atom stereocenters. The van der Waals surface area contributed by atoms with Gasteiger partial charge in [0, 0.05) is 18.0 Å². The number of aryl methyl sites for hydroxylation is 1. The Labute approximate surface area is 100 Å². The molecule has 86 valence electrons. The first kappa shape index (κ1) is 10.1. The molecule has 0 atom stereocenters. The van der Waals surface area contributed by atoms with Gasteiger partial charge in [-0.3, -0.25) is 4.57 Å². The van der Waals surface area contributed by atoms with Gasteiger partial charge >= 0.3 is 5.76 Å². The van der Waals surface area contributed by atoms with Crippen molar-refractivity contribution in [3.05, 3.63) is 34.1 Å². The summed E-state index contributed by atoms with van der Waals surface area (Å²) >= 11 is 1.39.